The fourth-order valence-electron chi connectivity index (χ4n) is 4.58. The predicted molar refractivity (Wildman–Crippen MR) is 149 cm³/mol. The van der Waals surface area contributed by atoms with Gasteiger partial charge in [0.05, 0.1) is 13.7 Å². The van der Waals surface area contributed by atoms with Crippen molar-refractivity contribution in [1.82, 2.24) is 10.3 Å². The van der Waals surface area contributed by atoms with E-state index < -0.39 is 36.8 Å². The van der Waals surface area contributed by atoms with Crippen LogP contribution in [-0.4, -0.2) is 62.1 Å². The summed E-state index contributed by atoms with van der Waals surface area (Å²) >= 11 is 0. The number of ether oxygens (including phenoxy) is 5. The molecule has 10 heteroatoms. The molecule has 1 aliphatic rings. The third-order valence-electron chi connectivity index (χ3n) is 6.79. The number of carbonyl (C=O) groups excluding carboxylic acids is 3. The topological polar surface area (TPSA) is 122 Å². The second-order valence-corrected chi connectivity index (χ2v) is 9.61. The molecule has 1 aromatic heterocycles. The van der Waals surface area contributed by atoms with Crippen molar-refractivity contribution in [2.24, 2.45) is 5.92 Å². The van der Waals surface area contributed by atoms with Gasteiger partial charge in [-0.2, -0.15) is 0 Å². The van der Waals surface area contributed by atoms with E-state index in [4.69, 9.17) is 23.7 Å². The summed E-state index contributed by atoms with van der Waals surface area (Å²) in [5, 5.41) is 2.69. The summed E-state index contributed by atoms with van der Waals surface area (Å²) in [5.74, 6) is -1.70. The van der Waals surface area contributed by atoms with E-state index in [0.717, 1.165) is 16.7 Å². The van der Waals surface area contributed by atoms with E-state index in [1.54, 1.807) is 0 Å². The van der Waals surface area contributed by atoms with Crippen LogP contribution >= 0.6 is 0 Å². The van der Waals surface area contributed by atoms with Gasteiger partial charge >= 0.3 is 11.9 Å². The van der Waals surface area contributed by atoms with Crippen molar-refractivity contribution in [2.45, 2.75) is 38.8 Å². The maximum absolute atomic E-state index is 13.2. The molecular formula is C31H34N2O8. The molecule has 0 saturated carbocycles. The molecule has 1 amide bonds. The molecule has 0 radical (unpaired) electrons. The van der Waals surface area contributed by atoms with Crippen LogP contribution in [0.3, 0.4) is 0 Å². The molecule has 1 fully saturated rings. The van der Waals surface area contributed by atoms with Crippen molar-refractivity contribution in [2.75, 3.05) is 27.1 Å². The first-order chi connectivity index (χ1) is 19.9. The van der Waals surface area contributed by atoms with Gasteiger partial charge in [0.1, 0.15) is 12.1 Å². The normalized spacial score (nSPS) is 19.1. The van der Waals surface area contributed by atoms with Gasteiger partial charge < -0.3 is 29.0 Å². The Morgan fingerprint density at radius 3 is 2.59 bits per heavy atom. The Labute approximate surface area is 238 Å². The molecular weight excluding hydrogens is 528 g/mol. The fourth-order valence-corrected chi connectivity index (χ4v) is 4.58. The van der Waals surface area contributed by atoms with Gasteiger partial charge in [0, 0.05) is 38.1 Å². The van der Waals surface area contributed by atoms with E-state index in [2.05, 4.69) is 34.6 Å². The molecule has 4 rings (SSSR count). The lowest BCUT2D eigenvalue weighted by atomic mass is 9.90. The van der Waals surface area contributed by atoms with Gasteiger partial charge in [-0.1, -0.05) is 54.6 Å². The first-order valence-electron chi connectivity index (χ1n) is 13.4. The Kier molecular flexibility index (Phi) is 10.3. The highest BCUT2D eigenvalue weighted by Crippen LogP contribution is 2.30. The van der Waals surface area contributed by atoms with E-state index in [1.807, 2.05) is 37.3 Å². The van der Waals surface area contributed by atoms with Gasteiger partial charge in [-0.15, -0.1) is 0 Å². The number of cyclic esters (lactones) is 1. The minimum atomic E-state index is -0.977. The lowest BCUT2D eigenvalue weighted by Gasteiger charge is -2.25. The third kappa shape index (κ3) is 7.82. The quantitative estimate of drug-likeness (QED) is 0.305. The molecule has 3 atom stereocenters. The van der Waals surface area contributed by atoms with Crippen LogP contribution in [0, 0.1) is 5.92 Å². The molecule has 3 aromatic rings. The minimum Gasteiger partial charge on any atom is -0.493 e. The van der Waals surface area contributed by atoms with E-state index in [-0.39, 0.29) is 36.1 Å². The zero-order valence-corrected chi connectivity index (χ0v) is 23.3. The van der Waals surface area contributed by atoms with Crippen molar-refractivity contribution < 1.29 is 38.1 Å². The van der Waals surface area contributed by atoms with Gasteiger partial charge in [-0.3, -0.25) is 9.59 Å². The number of rotatable bonds is 9. The number of methoxy groups -OCH3 is 1. The SMILES string of the molecule is COc1ccnc(C(=O)N[C@H]2CCOC[C@@H](Cc3ccccc3-c3ccccc3)[C@H](C)OC2=O)c1OCOC(C)=O. The van der Waals surface area contributed by atoms with E-state index in [1.165, 1.54) is 26.3 Å². The third-order valence-corrected chi connectivity index (χ3v) is 6.79. The largest absolute Gasteiger partial charge is 0.493 e. The maximum Gasteiger partial charge on any atom is 0.329 e. The van der Waals surface area contributed by atoms with Crippen LogP contribution in [0.1, 0.15) is 36.3 Å². The van der Waals surface area contributed by atoms with E-state index >= 15 is 0 Å². The van der Waals surface area contributed by atoms with E-state index in [9.17, 15) is 14.4 Å². The number of nitrogens with one attached hydrogen (secondary N) is 1. The highest BCUT2D eigenvalue weighted by atomic mass is 16.7. The minimum absolute atomic E-state index is 0.0213. The monoisotopic (exact) mass is 562 g/mol. The van der Waals surface area contributed by atoms with E-state index in [0.29, 0.717) is 13.0 Å². The molecule has 41 heavy (non-hydrogen) atoms. The number of carbonyl (C=O) groups is 3. The van der Waals surface area contributed by atoms with Crippen LogP contribution in [0.2, 0.25) is 0 Å². The van der Waals surface area contributed by atoms with Crippen molar-refractivity contribution in [3.05, 3.63) is 78.1 Å². The van der Waals surface area contributed by atoms with Crippen LogP contribution in [0.15, 0.2) is 66.9 Å². The molecule has 0 aliphatic carbocycles. The van der Waals surface area contributed by atoms with Crippen LogP contribution in [-0.2, 0) is 30.2 Å². The summed E-state index contributed by atoms with van der Waals surface area (Å²) in [4.78, 5) is 41.7. The first-order valence-corrected chi connectivity index (χ1v) is 13.4. The summed E-state index contributed by atoms with van der Waals surface area (Å²) in [6.07, 6.45) is 1.75. The Morgan fingerprint density at radius 2 is 1.83 bits per heavy atom. The molecule has 2 aromatic carbocycles. The molecule has 1 aliphatic heterocycles. The number of amides is 1. The van der Waals surface area contributed by atoms with Crippen molar-refractivity contribution in [3.8, 4) is 22.6 Å². The predicted octanol–water partition coefficient (Wildman–Crippen LogP) is 3.97. The Morgan fingerprint density at radius 1 is 1.07 bits per heavy atom. The van der Waals surface area contributed by atoms with Gasteiger partial charge in [-0.25, -0.2) is 9.78 Å². The summed E-state index contributed by atoms with van der Waals surface area (Å²) in [5.41, 5.74) is 3.23. The number of benzene rings is 2. The van der Waals surface area contributed by atoms with Crippen LogP contribution in [0.4, 0.5) is 0 Å². The summed E-state index contributed by atoms with van der Waals surface area (Å²) in [6, 6.07) is 18.8. The summed E-state index contributed by atoms with van der Waals surface area (Å²) in [7, 11) is 1.40. The van der Waals surface area contributed by atoms with Crippen molar-refractivity contribution >= 4 is 17.8 Å². The second-order valence-electron chi connectivity index (χ2n) is 9.61. The number of nitrogens with zero attached hydrogens (tertiary/aromatic N) is 1. The first kappa shape index (κ1) is 29.5. The molecule has 1 saturated heterocycles. The number of hydrogen-bond acceptors (Lipinski definition) is 9. The van der Waals surface area contributed by atoms with Crippen LogP contribution in [0.5, 0.6) is 11.5 Å². The molecule has 1 N–H and O–H groups in total. The van der Waals surface area contributed by atoms with Gasteiger partial charge in [0.2, 0.25) is 6.79 Å². The number of esters is 2. The molecule has 216 valence electrons. The zero-order valence-electron chi connectivity index (χ0n) is 23.3. The highest BCUT2D eigenvalue weighted by Gasteiger charge is 2.31. The summed E-state index contributed by atoms with van der Waals surface area (Å²) in [6.45, 7) is 3.26. The van der Waals surface area contributed by atoms with Crippen LogP contribution in [0.25, 0.3) is 11.1 Å². The van der Waals surface area contributed by atoms with Crippen LogP contribution < -0.4 is 14.8 Å². The van der Waals surface area contributed by atoms with Crippen molar-refractivity contribution in [1.29, 1.82) is 0 Å². The smallest absolute Gasteiger partial charge is 0.329 e. The number of hydrogen-bond donors (Lipinski definition) is 1. The summed E-state index contributed by atoms with van der Waals surface area (Å²) < 4.78 is 27.4. The number of pyridine rings is 1. The molecule has 10 nitrogen and oxygen atoms in total. The van der Waals surface area contributed by atoms with Gasteiger partial charge in [0.25, 0.3) is 5.91 Å². The lowest BCUT2D eigenvalue weighted by Crippen LogP contribution is -2.44. The maximum atomic E-state index is 13.2. The lowest BCUT2D eigenvalue weighted by molar-refractivity contribution is -0.153. The molecule has 0 spiro atoms. The van der Waals surface area contributed by atoms with Crippen molar-refractivity contribution in [3.63, 3.8) is 0 Å². The van der Waals surface area contributed by atoms with Gasteiger partial charge in [0.15, 0.2) is 17.2 Å². The average Bonchev–Trinajstić information content (AvgIpc) is 3.03. The molecule has 0 unspecified atom stereocenters. The standard InChI is InChI=1S/C31H34N2O8/c1-20-24(17-23-11-7-8-12-25(23)22-9-5-4-6-10-22)18-38-16-14-26(31(36)41-20)33-30(35)28-29(40-19-39-21(2)34)27(37-3)13-15-32-28/h4-13,15,20,24,26H,14,16-19H2,1-3H3,(H,33,35)/t20-,24+,26-/m0/s1. The fraction of sp³-hybridized carbons (Fsp3) is 0.355. The number of aromatic nitrogens is 1. The molecule has 2 heterocycles. The Balaban J connectivity index is 1.46. The Bertz CT molecular complexity index is 1350. The molecule has 0 bridgehead atoms. The highest BCUT2D eigenvalue weighted by molar-refractivity contribution is 5.98. The van der Waals surface area contributed by atoms with Gasteiger partial charge in [-0.05, 0) is 30.0 Å². The average molecular weight is 563 g/mol. The second kappa shape index (κ2) is 14.3. The Hall–Kier alpha value is -4.44. The zero-order chi connectivity index (χ0) is 29.2.